The maximum Gasteiger partial charge on any atom is 0.510 e. The van der Waals surface area contributed by atoms with Crippen molar-refractivity contribution in [3.05, 3.63) is 22.3 Å². The number of rotatable bonds is 3. The molecule has 0 atom stereocenters. The molecule has 1 aliphatic heterocycles. The van der Waals surface area contributed by atoms with E-state index in [1.807, 2.05) is 27.7 Å². The van der Waals surface area contributed by atoms with Crippen LogP contribution in [0.5, 0.6) is 0 Å². The predicted molar refractivity (Wildman–Crippen MR) is 110 cm³/mol. The van der Waals surface area contributed by atoms with Gasteiger partial charge in [0, 0.05) is 37.6 Å². The van der Waals surface area contributed by atoms with Crippen LogP contribution in [0.25, 0.3) is 0 Å². The average Bonchev–Trinajstić information content (AvgIpc) is 2.54. The first kappa shape index (κ1) is 22.9. The van der Waals surface area contributed by atoms with Gasteiger partial charge in [0.05, 0.1) is 0 Å². The first-order chi connectivity index (χ1) is 12.7. The Kier molecular flexibility index (Phi) is 6.70. The Morgan fingerprint density at radius 1 is 1.04 bits per heavy atom. The molecule has 0 N–H and O–H groups in total. The Balaban J connectivity index is 2.16. The molecule has 1 saturated heterocycles. The number of hydrogen-bond donors (Lipinski definition) is 1. The van der Waals surface area contributed by atoms with Gasteiger partial charge >= 0.3 is 13.1 Å². The number of piperazine rings is 1. The number of thiol groups is 1. The predicted octanol–water partition coefficient (Wildman–Crippen LogP) is 4.01. The molecule has 1 aromatic rings. The summed E-state index contributed by atoms with van der Waals surface area (Å²) in [6, 6.07) is 0. The number of carbonyl (C=O) groups is 1. The zero-order valence-electron chi connectivity index (χ0n) is 17.4. The van der Waals surface area contributed by atoms with Crippen LogP contribution in [-0.4, -0.2) is 54.7 Å². The van der Waals surface area contributed by atoms with E-state index in [0.29, 0.717) is 43.2 Å². The largest absolute Gasteiger partial charge is 0.510 e. The second-order valence-corrected chi connectivity index (χ2v) is 8.88. The standard InChI is InChI=1S/C19H29BF3N2O2S/c1-12-15(13(2)17(28)14(3)16(12)20(21,22)23)11-24-7-9-25(10-8-24)18(26)27-19(4,5)6/h28H,7-11H2,1-6H3/q-1. The second kappa shape index (κ2) is 8.18. The molecule has 1 fully saturated rings. The van der Waals surface area contributed by atoms with E-state index in [2.05, 4.69) is 17.5 Å². The van der Waals surface area contributed by atoms with Gasteiger partial charge in [0.15, 0.2) is 0 Å². The fourth-order valence-electron chi connectivity index (χ4n) is 3.64. The summed E-state index contributed by atoms with van der Waals surface area (Å²) in [4.78, 5) is 16.3. The molecule has 0 aromatic heterocycles. The fourth-order valence-corrected chi connectivity index (χ4v) is 3.90. The molecule has 0 aliphatic carbocycles. The number of benzene rings is 1. The van der Waals surface area contributed by atoms with Crippen molar-refractivity contribution in [2.75, 3.05) is 26.2 Å². The minimum Gasteiger partial charge on any atom is -0.445 e. The number of carbonyl (C=O) groups excluding carboxylic acids is 1. The van der Waals surface area contributed by atoms with Crippen LogP contribution in [0, 0.1) is 20.8 Å². The number of amides is 1. The lowest BCUT2D eigenvalue weighted by atomic mass is 9.72. The van der Waals surface area contributed by atoms with Crippen molar-refractivity contribution < 1.29 is 22.5 Å². The normalized spacial score (nSPS) is 16.4. The lowest BCUT2D eigenvalue weighted by Gasteiger charge is -2.36. The van der Waals surface area contributed by atoms with Gasteiger partial charge < -0.3 is 22.6 Å². The molecule has 0 saturated carbocycles. The number of hydrogen-bond acceptors (Lipinski definition) is 4. The lowest BCUT2D eigenvalue weighted by molar-refractivity contribution is 0.0138. The summed E-state index contributed by atoms with van der Waals surface area (Å²) in [7, 11) is 0. The molecule has 1 aromatic carbocycles. The molecule has 4 nitrogen and oxygen atoms in total. The van der Waals surface area contributed by atoms with E-state index in [-0.39, 0.29) is 17.2 Å². The summed E-state index contributed by atoms with van der Waals surface area (Å²) in [5.41, 5.74) is 0.868. The fraction of sp³-hybridized carbons (Fsp3) is 0.632. The summed E-state index contributed by atoms with van der Waals surface area (Å²) in [6.07, 6.45) is -0.352. The number of halogens is 3. The third-order valence-corrected chi connectivity index (χ3v) is 5.83. The van der Waals surface area contributed by atoms with E-state index in [4.69, 9.17) is 4.74 Å². The van der Waals surface area contributed by atoms with Gasteiger partial charge in [0.1, 0.15) is 5.60 Å². The van der Waals surface area contributed by atoms with Gasteiger partial charge in [-0.1, -0.05) is 11.1 Å². The van der Waals surface area contributed by atoms with Crippen LogP contribution in [0.4, 0.5) is 17.7 Å². The average molecular weight is 417 g/mol. The molecule has 0 bridgehead atoms. The summed E-state index contributed by atoms with van der Waals surface area (Å²) in [5, 5.41) is 0. The molecule has 28 heavy (non-hydrogen) atoms. The summed E-state index contributed by atoms with van der Waals surface area (Å²) in [5.74, 6) is 0. The Morgan fingerprint density at radius 2 is 1.57 bits per heavy atom. The number of ether oxygens (including phenoxy) is 1. The zero-order valence-corrected chi connectivity index (χ0v) is 18.3. The van der Waals surface area contributed by atoms with Gasteiger partial charge in [0.2, 0.25) is 0 Å². The van der Waals surface area contributed by atoms with Gasteiger partial charge in [-0.25, -0.2) is 4.79 Å². The van der Waals surface area contributed by atoms with E-state index >= 15 is 0 Å². The quantitative estimate of drug-likeness (QED) is 0.596. The van der Waals surface area contributed by atoms with Gasteiger partial charge in [0.25, 0.3) is 0 Å². The maximum atomic E-state index is 13.6. The van der Waals surface area contributed by atoms with E-state index in [0.717, 1.165) is 5.56 Å². The Bertz CT molecular complexity index is 755. The zero-order chi connectivity index (χ0) is 21.4. The molecule has 0 spiro atoms. The molecule has 0 unspecified atom stereocenters. The van der Waals surface area contributed by atoms with Crippen LogP contribution < -0.4 is 5.46 Å². The Morgan fingerprint density at radius 3 is 2.04 bits per heavy atom. The third kappa shape index (κ3) is 5.17. The lowest BCUT2D eigenvalue weighted by Crippen LogP contribution is -2.50. The van der Waals surface area contributed by atoms with Gasteiger partial charge in [-0.3, -0.25) is 4.90 Å². The third-order valence-electron chi connectivity index (χ3n) is 5.16. The highest BCUT2D eigenvalue weighted by Gasteiger charge is 2.32. The van der Waals surface area contributed by atoms with Gasteiger partial charge in [-0.15, -0.1) is 18.1 Å². The first-order valence-electron chi connectivity index (χ1n) is 9.44. The highest BCUT2D eigenvalue weighted by molar-refractivity contribution is 7.80. The molecule has 1 aliphatic rings. The van der Waals surface area contributed by atoms with Crippen molar-refractivity contribution in [3.8, 4) is 0 Å². The Hall–Kier alpha value is -1.35. The highest BCUT2D eigenvalue weighted by atomic mass is 32.1. The molecule has 9 heteroatoms. The van der Waals surface area contributed by atoms with Crippen molar-refractivity contribution >= 4 is 31.2 Å². The van der Waals surface area contributed by atoms with Crippen molar-refractivity contribution in [3.63, 3.8) is 0 Å². The number of nitrogens with zero attached hydrogens (tertiary/aromatic N) is 2. The molecule has 0 radical (unpaired) electrons. The first-order valence-corrected chi connectivity index (χ1v) is 9.88. The molecule has 2 rings (SSSR count). The van der Waals surface area contributed by atoms with Gasteiger partial charge in [-0.2, -0.15) is 0 Å². The smallest absolute Gasteiger partial charge is 0.445 e. The highest BCUT2D eigenvalue weighted by Crippen LogP contribution is 2.29. The topological polar surface area (TPSA) is 32.8 Å². The van der Waals surface area contributed by atoms with Crippen molar-refractivity contribution in [2.45, 2.75) is 58.6 Å². The summed E-state index contributed by atoms with van der Waals surface area (Å²) >= 11 is 4.35. The second-order valence-electron chi connectivity index (χ2n) is 8.43. The maximum absolute atomic E-state index is 13.6. The van der Waals surface area contributed by atoms with Crippen molar-refractivity contribution in [2.24, 2.45) is 0 Å². The van der Waals surface area contributed by atoms with Crippen LogP contribution in [0.2, 0.25) is 0 Å². The molecular weight excluding hydrogens is 388 g/mol. The minimum atomic E-state index is -5.11. The van der Waals surface area contributed by atoms with E-state index < -0.39 is 18.0 Å². The molecule has 158 valence electrons. The SMILES string of the molecule is Cc1c(S)c(C)c([B-](F)(F)F)c(C)c1CN1CCN(C(=O)OC(C)(C)C)CC1. The minimum absolute atomic E-state index is 0.198. The van der Waals surface area contributed by atoms with Crippen LogP contribution in [0.1, 0.15) is 43.0 Å². The monoisotopic (exact) mass is 417 g/mol. The van der Waals surface area contributed by atoms with Crippen LogP contribution in [0.3, 0.4) is 0 Å². The van der Waals surface area contributed by atoms with Crippen LogP contribution in [-0.2, 0) is 11.3 Å². The van der Waals surface area contributed by atoms with Crippen molar-refractivity contribution in [1.29, 1.82) is 0 Å². The van der Waals surface area contributed by atoms with E-state index in [1.54, 1.807) is 11.8 Å². The van der Waals surface area contributed by atoms with Gasteiger partial charge in [-0.05, 0) is 52.7 Å². The molecular formula is C19H29BF3N2O2S-. The van der Waals surface area contributed by atoms with Crippen LogP contribution in [0.15, 0.2) is 4.90 Å². The summed E-state index contributed by atoms with van der Waals surface area (Å²) in [6.45, 7) is 7.75. The summed E-state index contributed by atoms with van der Waals surface area (Å²) < 4.78 is 46.2. The van der Waals surface area contributed by atoms with Crippen LogP contribution >= 0.6 is 12.6 Å². The molecule has 1 heterocycles. The molecule has 1 amide bonds. The van der Waals surface area contributed by atoms with E-state index in [9.17, 15) is 17.7 Å². The Labute approximate surface area is 170 Å². The van der Waals surface area contributed by atoms with Crippen molar-refractivity contribution in [1.82, 2.24) is 9.80 Å². The van der Waals surface area contributed by atoms with E-state index in [1.165, 1.54) is 6.92 Å².